The van der Waals surface area contributed by atoms with Gasteiger partial charge < -0.3 is 19.7 Å². The van der Waals surface area contributed by atoms with Crippen molar-refractivity contribution in [2.75, 3.05) is 55.3 Å². The van der Waals surface area contributed by atoms with Gasteiger partial charge >= 0.3 is 0 Å². The summed E-state index contributed by atoms with van der Waals surface area (Å²) in [6.07, 6.45) is 5.72. The van der Waals surface area contributed by atoms with E-state index in [-0.39, 0.29) is 0 Å². The summed E-state index contributed by atoms with van der Waals surface area (Å²) >= 11 is 0. The van der Waals surface area contributed by atoms with Crippen molar-refractivity contribution in [3.05, 3.63) is 48.7 Å². The Bertz CT molecular complexity index is 1160. The minimum Gasteiger partial charge on any atom is -0.368 e. The van der Waals surface area contributed by atoms with E-state index in [1.807, 2.05) is 12.1 Å². The van der Waals surface area contributed by atoms with E-state index < -0.39 is 9.84 Å². The first-order chi connectivity index (χ1) is 15.0. The van der Waals surface area contributed by atoms with Gasteiger partial charge in [0, 0.05) is 55.7 Å². The van der Waals surface area contributed by atoms with E-state index in [2.05, 4.69) is 44.1 Å². The van der Waals surface area contributed by atoms with Gasteiger partial charge in [0.15, 0.2) is 9.84 Å². The summed E-state index contributed by atoms with van der Waals surface area (Å²) in [6, 6.07) is 14.2. The number of rotatable bonds is 4. The molecule has 2 aliphatic rings. The summed E-state index contributed by atoms with van der Waals surface area (Å²) in [5.41, 5.74) is 2.15. The summed E-state index contributed by atoms with van der Waals surface area (Å²) in [5, 5.41) is 4.64. The van der Waals surface area contributed by atoms with Gasteiger partial charge in [-0.05, 0) is 68.4 Å². The number of hydrogen-bond donors (Lipinski definition) is 1. The molecule has 0 unspecified atom stereocenters. The van der Waals surface area contributed by atoms with Crippen LogP contribution in [0.2, 0.25) is 0 Å². The topological polar surface area (TPSA) is 70.5 Å². The second-order valence-corrected chi connectivity index (χ2v) is 10.5. The Kier molecular flexibility index (Phi) is 5.35. The number of fused-ring (bicyclic) bond motifs is 1. The molecule has 0 saturated carbocycles. The maximum absolute atomic E-state index is 11.7. The number of aromatic nitrogens is 2. The molecule has 0 atom stereocenters. The number of benzene rings is 1. The summed E-state index contributed by atoms with van der Waals surface area (Å²) < 4.78 is 25.7. The van der Waals surface area contributed by atoms with Crippen molar-refractivity contribution < 1.29 is 8.42 Å². The fourth-order valence-electron chi connectivity index (χ4n) is 4.67. The molecule has 2 aliphatic heterocycles. The molecule has 2 saturated heterocycles. The molecule has 0 bridgehead atoms. The number of piperazine rings is 1. The molecular formula is C23H29N5O2S. The van der Waals surface area contributed by atoms with E-state index in [1.165, 1.54) is 11.6 Å². The van der Waals surface area contributed by atoms with Crippen LogP contribution in [-0.2, 0) is 9.84 Å². The molecule has 164 valence electrons. The van der Waals surface area contributed by atoms with Gasteiger partial charge in [0.1, 0.15) is 11.5 Å². The van der Waals surface area contributed by atoms with Crippen LogP contribution < -0.4 is 15.1 Å². The molecule has 0 aliphatic carbocycles. The number of nitrogens with one attached hydrogen (secondary N) is 1. The lowest BCUT2D eigenvalue weighted by molar-refractivity contribution is 0.375. The average molecular weight is 440 g/mol. The summed E-state index contributed by atoms with van der Waals surface area (Å²) in [6.45, 7) is 5.68. The maximum atomic E-state index is 11.7. The zero-order valence-corrected chi connectivity index (χ0v) is 18.7. The largest absolute Gasteiger partial charge is 0.368 e. The smallest absolute Gasteiger partial charge is 0.175 e. The monoisotopic (exact) mass is 439 g/mol. The highest BCUT2D eigenvalue weighted by Crippen LogP contribution is 2.27. The third kappa shape index (κ3) is 4.14. The van der Waals surface area contributed by atoms with Gasteiger partial charge in [-0.15, -0.1) is 0 Å². The van der Waals surface area contributed by atoms with Gasteiger partial charge in [-0.1, -0.05) is 0 Å². The molecule has 1 N–H and O–H groups in total. The van der Waals surface area contributed by atoms with E-state index >= 15 is 0 Å². The van der Waals surface area contributed by atoms with Crippen molar-refractivity contribution in [1.82, 2.24) is 14.9 Å². The van der Waals surface area contributed by atoms with Crippen LogP contribution >= 0.6 is 0 Å². The van der Waals surface area contributed by atoms with Crippen molar-refractivity contribution in [1.29, 1.82) is 0 Å². The molecule has 31 heavy (non-hydrogen) atoms. The van der Waals surface area contributed by atoms with Gasteiger partial charge in [-0.3, -0.25) is 0 Å². The highest BCUT2D eigenvalue weighted by molar-refractivity contribution is 7.90. The number of hydrogen-bond acceptors (Lipinski definition) is 6. The van der Waals surface area contributed by atoms with Crippen molar-refractivity contribution in [2.45, 2.75) is 23.8 Å². The second-order valence-electron chi connectivity index (χ2n) is 8.53. The quantitative estimate of drug-likeness (QED) is 0.674. The zero-order valence-electron chi connectivity index (χ0n) is 17.9. The number of pyridine rings is 1. The van der Waals surface area contributed by atoms with E-state index in [9.17, 15) is 8.42 Å². The lowest BCUT2D eigenvalue weighted by Crippen LogP contribution is -2.46. The zero-order chi connectivity index (χ0) is 21.4. The summed E-state index contributed by atoms with van der Waals surface area (Å²) in [7, 11) is -3.16. The fraction of sp³-hybridized carbons (Fsp3) is 0.435. The standard InChI is InChI=1S/C23H29N5O2S/c1-31(29,30)21-5-3-19(4-6-21)26-14-16-27(17-15-26)22-7-2-18-10-13-28(23(18)25-22)20-8-11-24-12-9-20/h2-7,10,13,20,24H,8-9,11-12,14-17H2,1H3. The van der Waals surface area contributed by atoms with Crippen LogP contribution in [-0.4, -0.2) is 63.5 Å². The predicted molar refractivity (Wildman–Crippen MR) is 125 cm³/mol. The van der Waals surface area contributed by atoms with E-state index in [0.717, 1.165) is 69.3 Å². The molecule has 3 aromatic rings. The Labute approximate surface area is 183 Å². The molecule has 4 heterocycles. The molecule has 1 aromatic carbocycles. The van der Waals surface area contributed by atoms with Crippen LogP contribution in [0.4, 0.5) is 11.5 Å². The molecule has 5 rings (SSSR count). The second kappa shape index (κ2) is 8.16. The van der Waals surface area contributed by atoms with E-state index in [0.29, 0.717) is 10.9 Å². The van der Waals surface area contributed by atoms with Gasteiger partial charge in [-0.25, -0.2) is 13.4 Å². The lowest BCUT2D eigenvalue weighted by atomic mass is 10.1. The van der Waals surface area contributed by atoms with Gasteiger partial charge in [-0.2, -0.15) is 0 Å². The number of anilines is 2. The third-order valence-electron chi connectivity index (χ3n) is 6.49. The molecule has 8 heteroatoms. The number of sulfone groups is 1. The highest BCUT2D eigenvalue weighted by Gasteiger charge is 2.21. The summed E-state index contributed by atoms with van der Waals surface area (Å²) in [4.78, 5) is 10.1. The van der Waals surface area contributed by atoms with E-state index in [1.54, 1.807) is 12.1 Å². The molecule has 2 aromatic heterocycles. The maximum Gasteiger partial charge on any atom is 0.175 e. The highest BCUT2D eigenvalue weighted by atomic mass is 32.2. The first-order valence-electron chi connectivity index (χ1n) is 11.0. The Hall–Kier alpha value is -2.58. The first kappa shape index (κ1) is 20.3. The summed E-state index contributed by atoms with van der Waals surface area (Å²) in [5.74, 6) is 1.04. The number of piperidine rings is 1. The Morgan fingerprint density at radius 3 is 2.26 bits per heavy atom. The van der Waals surface area contributed by atoms with Crippen LogP contribution in [0.5, 0.6) is 0 Å². The van der Waals surface area contributed by atoms with Crippen LogP contribution in [0, 0.1) is 0 Å². The molecule has 0 radical (unpaired) electrons. The first-order valence-corrected chi connectivity index (χ1v) is 12.9. The SMILES string of the molecule is CS(=O)(=O)c1ccc(N2CCN(c3ccc4ccn(C5CCNCC5)c4n3)CC2)cc1. The van der Waals surface area contributed by atoms with Crippen molar-refractivity contribution in [3.63, 3.8) is 0 Å². The van der Waals surface area contributed by atoms with Gasteiger partial charge in [0.25, 0.3) is 0 Å². The van der Waals surface area contributed by atoms with Crippen LogP contribution in [0.15, 0.2) is 53.6 Å². The number of nitrogens with zero attached hydrogens (tertiary/aromatic N) is 4. The molecule has 0 spiro atoms. The normalized spacial score (nSPS) is 18.6. The Morgan fingerprint density at radius 2 is 1.58 bits per heavy atom. The van der Waals surface area contributed by atoms with Crippen LogP contribution in [0.3, 0.4) is 0 Å². The molecular weight excluding hydrogens is 410 g/mol. The van der Waals surface area contributed by atoms with Gasteiger partial charge in [0.2, 0.25) is 0 Å². The van der Waals surface area contributed by atoms with Crippen molar-refractivity contribution in [3.8, 4) is 0 Å². The fourth-order valence-corrected chi connectivity index (χ4v) is 5.30. The molecule has 0 amide bonds. The third-order valence-corrected chi connectivity index (χ3v) is 7.61. The van der Waals surface area contributed by atoms with Crippen LogP contribution in [0.25, 0.3) is 11.0 Å². The van der Waals surface area contributed by atoms with E-state index in [4.69, 9.17) is 4.98 Å². The lowest BCUT2D eigenvalue weighted by Gasteiger charge is -2.37. The van der Waals surface area contributed by atoms with Crippen molar-refractivity contribution in [2.24, 2.45) is 0 Å². The Morgan fingerprint density at radius 1 is 0.903 bits per heavy atom. The average Bonchev–Trinajstić information content (AvgIpc) is 3.23. The van der Waals surface area contributed by atoms with Crippen molar-refractivity contribution >= 4 is 32.4 Å². The van der Waals surface area contributed by atoms with Crippen LogP contribution in [0.1, 0.15) is 18.9 Å². The minimum absolute atomic E-state index is 0.365. The molecule has 7 nitrogen and oxygen atoms in total. The van der Waals surface area contributed by atoms with Gasteiger partial charge in [0.05, 0.1) is 4.90 Å². The predicted octanol–water partition coefficient (Wildman–Crippen LogP) is 2.69. The molecule has 2 fully saturated rings. The Balaban J connectivity index is 1.30. The minimum atomic E-state index is -3.16.